The van der Waals surface area contributed by atoms with Crippen molar-refractivity contribution < 1.29 is 13.9 Å². The zero-order valence-corrected chi connectivity index (χ0v) is 19.7. The second-order valence-electron chi connectivity index (χ2n) is 7.37. The number of carbonyl (C=O) groups is 1. The van der Waals surface area contributed by atoms with Gasteiger partial charge in [-0.05, 0) is 57.9 Å². The number of guanidine groups is 1. The van der Waals surface area contributed by atoms with E-state index in [1.807, 2.05) is 33.9 Å². The van der Waals surface area contributed by atoms with E-state index >= 15 is 0 Å². The van der Waals surface area contributed by atoms with Crippen molar-refractivity contribution in [1.82, 2.24) is 20.9 Å². The average Bonchev–Trinajstić information content (AvgIpc) is 2.99. The largest absolute Gasteiger partial charge is 0.444 e. The van der Waals surface area contributed by atoms with Crippen molar-refractivity contribution in [3.05, 3.63) is 35.8 Å². The van der Waals surface area contributed by atoms with Gasteiger partial charge in [-0.3, -0.25) is 4.99 Å². The molecular weight excluding hydrogens is 488 g/mol. The molecule has 4 N–H and O–H groups in total. The maximum atomic E-state index is 13.5. The molecule has 162 valence electrons. The molecule has 0 bridgehead atoms. The van der Waals surface area contributed by atoms with Crippen LogP contribution in [0.5, 0.6) is 0 Å². The second kappa shape index (κ2) is 11.8. The SMILES string of the molecule is CCNC(=NCCc1c[nH]c2ccc(F)cc12)NCCNC(=O)OC(C)(C)C.I. The van der Waals surface area contributed by atoms with Crippen LogP contribution < -0.4 is 16.0 Å². The highest BCUT2D eigenvalue weighted by atomic mass is 127. The van der Waals surface area contributed by atoms with E-state index in [1.54, 1.807) is 6.07 Å². The van der Waals surface area contributed by atoms with Crippen LogP contribution in [0.3, 0.4) is 0 Å². The summed E-state index contributed by atoms with van der Waals surface area (Å²) in [6, 6.07) is 4.72. The van der Waals surface area contributed by atoms with Crippen LogP contribution in [-0.2, 0) is 11.2 Å². The van der Waals surface area contributed by atoms with Crippen molar-refractivity contribution in [3.8, 4) is 0 Å². The van der Waals surface area contributed by atoms with Crippen molar-refractivity contribution in [2.75, 3.05) is 26.2 Å². The minimum absolute atomic E-state index is 0. The number of hydrogen-bond donors (Lipinski definition) is 4. The summed E-state index contributed by atoms with van der Waals surface area (Å²) in [6.07, 6.45) is 2.14. The van der Waals surface area contributed by atoms with E-state index in [1.165, 1.54) is 12.1 Å². The van der Waals surface area contributed by atoms with E-state index in [2.05, 4.69) is 25.9 Å². The number of rotatable bonds is 7. The molecule has 2 rings (SSSR count). The number of H-pyrrole nitrogens is 1. The van der Waals surface area contributed by atoms with Gasteiger partial charge in [-0.1, -0.05) is 0 Å². The number of alkyl carbamates (subject to hydrolysis) is 1. The number of benzene rings is 1. The average molecular weight is 519 g/mol. The number of aliphatic imine (C=N–C) groups is 1. The molecule has 0 fully saturated rings. The molecule has 0 spiro atoms. The predicted molar refractivity (Wildman–Crippen MR) is 126 cm³/mol. The third kappa shape index (κ3) is 8.88. The molecule has 0 saturated carbocycles. The van der Waals surface area contributed by atoms with E-state index in [4.69, 9.17) is 4.74 Å². The fourth-order valence-corrected chi connectivity index (χ4v) is 2.65. The lowest BCUT2D eigenvalue weighted by atomic mass is 10.1. The summed E-state index contributed by atoms with van der Waals surface area (Å²) in [4.78, 5) is 19.3. The Balaban J connectivity index is 0.00000420. The van der Waals surface area contributed by atoms with Gasteiger partial charge >= 0.3 is 6.09 Å². The summed E-state index contributed by atoms with van der Waals surface area (Å²) < 4.78 is 18.7. The van der Waals surface area contributed by atoms with Crippen LogP contribution in [0.4, 0.5) is 9.18 Å². The Hall–Kier alpha value is -2.04. The number of nitrogens with zero attached hydrogens (tertiary/aromatic N) is 1. The highest BCUT2D eigenvalue weighted by Gasteiger charge is 2.15. The summed E-state index contributed by atoms with van der Waals surface area (Å²) in [5.74, 6) is 0.420. The van der Waals surface area contributed by atoms with Crippen molar-refractivity contribution in [3.63, 3.8) is 0 Å². The molecule has 0 radical (unpaired) electrons. The van der Waals surface area contributed by atoms with Gasteiger partial charge in [0.25, 0.3) is 0 Å². The van der Waals surface area contributed by atoms with E-state index in [0.29, 0.717) is 32.0 Å². The first-order valence-electron chi connectivity index (χ1n) is 9.53. The van der Waals surface area contributed by atoms with Crippen LogP contribution >= 0.6 is 24.0 Å². The fraction of sp³-hybridized carbons (Fsp3) is 0.500. The van der Waals surface area contributed by atoms with Gasteiger partial charge in [-0.2, -0.15) is 0 Å². The number of amides is 1. The van der Waals surface area contributed by atoms with Crippen molar-refractivity contribution in [2.24, 2.45) is 4.99 Å². The number of hydrogen-bond acceptors (Lipinski definition) is 3. The van der Waals surface area contributed by atoms with Gasteiger partial charge in [0, 0.05) is 43.3 Å². The summed E-state index contributed by atoms with van der Waals surface area (Å²) in [5.41, 5.74) is 1.43. The van der Waals surface area contributed by atoms with E-state index in [9.17, 15) is 9.18 Å². The molecule has 0 aliphatic rings. The van der Waals surface area contributed by atoms with Gasteiger partial charge < -0.3 is 25.7 Å². The molecule has 0 saturated heterocycles. The molecule has 1 aromatic heterocycles. The summed E-state index contributed by atoms with van der Waals surface area (Å²) in [5, 5.41) is 9.91. The van der Waals surface area contributed by atoms with Crippen molar-refractivity contribution in [1.29, 1.82) is 0 Å². The molecule has 2 aromatic rings. The number of halogens is 2. The Morgan fingerprint density at radius 1 is 1.21 bits per heavy atom. The Morgan fingerprint density at radius 2 is 1.93 bits per heavy atom. The number of ether oxygens (including phenoxy) is 1. The topological polar surface area (TPSA) is 90.5 Å². The summed E-state index contributed by atoms with van der Waals surface area (Å²) in [7, 11) is 0. The molecule has 1 aromatic carbocycles. The minimum atomic E-state index is -0.515. The van der Waals surface area contributed by atoms with Gasteiger partial charge in [0.15, 0.2) is 5.96 Å². The van der Waals surface area contributed by atoms with Gasteiger partial charge in [0.05, 0.1) is 0 Å². The molecule has 1 heterocycles. The Labute approximate surface area is 188 Å². The number of carbonyl (C=O) groups excluding carboxylic acids is 1. The van der Waals surface area contributed by atoms with Crippen molar-refractivity contribution in [2.45, 2.75) is 39.7 Å². The number of aromatic amines is 1. The molecule has 7 nitrogen and oxygen atoms in total. The molecule has 29 heavy (non-hydrogen) atoms. The van der Waals surface area contributed by atoms with Crippen LogP contribution in [0, 0.1) is 5.82 Å². The highest BCUT2D eigenvalue weighted by molar-refractivity contribution is 14.0. The second-order valence-corrected chi connectivity index (χ2v) is 7.37. The van der Waals surface area contributed by atoms with Crippen LogP contribution in [0.1, 0.15) is 33.3 Å². The van der Waals surface area contributed by atoms with Gasteiger partial charge in [-0.25, -0.2) is 9.18 Å². The van der Waals surface area contributed by atoms with Crippen molar-refractivity contribution >= 4 is 46.9 Å². The lowest BCUT2D eigenvalue weighted by Crippen LogP contribution is -2.42. The molecule has 9 heteroatoms. The lowest BCUT2D eigenvalue weighted by molar-refractivity contribution is 0.0529. The van der Waals surface area contributed by atoms with E-state index in [0.717, 1.165) is 23.0 Å². The monoisotopic (exact) mass is 519 g/mol. The zero-order valence-electron chi connectivity index (χ0n) is 17.4. The van der Waals surface area contributed by atoms with E-state index in [-0.39, 0.29) is 29.8 Å². The van der Waals surface area contributed by atoms with Crippen LogP contribution in [0.2, 0.25) is 0 Å². The highest BCUT2D eigenvalue weighted by Crippen LogP contribution is 2.19. The van der Waals surface area contributed by atoms with Gasteiger partial charge in [0.2, 0.25) is 0 Å². The number of nitrogens with one attached hydrogen (secondary N) is 4. The Morgan fingerprint density at radius 3 is 2.62 bits per heavy atom. The lowest BCUT2D eigenvalue weighted by Gasteiger charge is -2.19. The maximum Gasteiger partial charge on any atom is 0.407 e. The zero-order chi connectivity index (χ0) is 20.6. The molecule has 0 unspecified atom stereocenters. The molecule has 0 atom stereocenters. The molecular formula is C20H31FIN5O2. The third-order valence-electron chi connectivity index (χ3n) is 3.81. The van der Waals surface area contributed by atoms with E-state index < -0.39 is 11.7 Å². The first kappa shape index (κ1) is 25.0. The smallest absolute Gasteiger partial charge is 0.407 e. The Bertz CT molecular complexity index is 817. The van der Waals surface area contributed by atoms with Gasteiger partial charge in [0.1, 0.15) is 11.4 Å². The standard InChI is InChI=1S/C20H30FN5O2.HI/c1-5-22-18(24-10-11-25-19(27)28-20(2,3)4)23-9-8-14-13-26-17-7-6-15(21)12-16(14)17;/h6-7,12-13,26H,5,8-11H2,1-4H3,(H,25,27)(H2,22,23,24);1H. The number of aromatic nitrogens is 1. The summed E-state index contributed by atoms with van der Waals surface area (Å²) >= 11 is 0. The first-order valence-corrected chi connectivity index (χ1v) is 9.53. The normalized spacial score (nSPS) is 11.7. The predicted octanol–water partition coefficient (Wildman–Crippen LogP) is 3.55. The number of fused-ring (bicyclic) bond motifs is 1. The van der Waals surface area contributed by atoms with Crippen LogP contribution in [0.15, 0.2) is 29.4 Å². The van der Waals surface area contributed by atoms with Crippen LogP contribution in [0.25, 0.3) is 10.9 Å². The molecule has 1 amide bonds. The first-order chi connectivity index (χ1) is 13.3. The third-order valence-corrected chi connectivity index (χ3v) is 3.81. The minimum Gasteiger partial charge on any atom is -0.444 e. The molecule has 0 aliphatic carbocycles. The van der Waals surface area contributed by atoms with Gasteiger partial charge in [-0.15, -0.1) is 24.0 Å². The molecule has 0 aliphatic heterocycles. The van der Waals surface area contributed by atoms with Crippen LogP contribution in [-0.4, -0.2) is 48.8 Å². The Kier molecular flexibility index (Phi) is 10.2. The maximum absolute atomic E-state index is 13.5. The summed E-state index contributed by atoms with van der Waals surface area (Å²) in [6.45, 7) is 9.67. The fourth-order valence-electron chi connectivity index (χ4n) is 2.65. The quantitative estimate of drug-likeness (QED) is 0.195.